The predicted molar refractivity (Wildman–Crippen MR) is 153 cm³/mol. The number of allylic oxidation sites excluding steroid dienone is 2. The topological polar surface area (TPSA) is 104 Å². The van der Waals surface area contributed by atoms with Gasteiger partial charge in [0.2, 0.25) is 0 Å². The van der Waals surface area contributed by atoms with Crippen LogP contribution in [0.4, 0.5) is 13.2 Å². The fourth-order valence-electron chi connectivity index (χ4n) is 3.91. The molecule has 0 aliphatic heterocycles. The van der Waals surface area contributed by atoms with Crippen LogP contribution in [0.5, 0.6) is 0 Å². The molecule has 3 aromatic rings. The van der Waals surface area contributed by atoms with E-state index in [4.69, 9.17) is 27.0 Å². The average Bonchev–Trinajstić information content (AvgIpc) is 3.43. The van der Waals surface area contributed by atoms with Gasteiger partial charge in [0.1, 0.15) is 11.5 Å². The molecule has 214 valence electrons. The molecule has 3 rings (SSSR count). The van der Waals surface area contributed by atoms with Gasteiger partial charge >= 0.3 is 6.18 Å². The molecule has 41 heavy (non-hydrogen) atoms. The quantitative estimate of drug-likeness (QED) is 0.169. The second-order valence-electron chi connectivity index (χ2n) is 9.24. The van der Waals surface area contributed by atoms with Crippen molar-refractivity contribution in [3.8, 4) is 6.07 Å². The highest BCUT2D eigenvalue weighted by molar-refractivity contribution is 6.33. The van der Waals surface area contributed by atoms with Crippen LogP contribution in [0.2, 0.25) is 0 Å². The number of nitriles is 1. The lowest BCUT2D eigenvalue weighted by atomic mass is 10.0. The molecular weight excluding hydrogens is 553 g/mol. The number of hydrogen-bond donors (Lipinski definition) is 3. The van der Waals surface area contributed by atoms with Gasteiger partial charge in [-0.25, -0.2) is 0 Å². The Hall–Kier alpha value is -4.10. The normalized spacial score (nSPS) is 13.8. The first kappa shape index (κ1) is 31.4. The SMILES string of the molecule is C=C/C(Cl)=C(\C=C\c1ccc(CNC(C)c2ccc(C(F)(F)F)cc2)o1)C(=O)N[C@@H](CN)Cc1ccc(C#N)cc1. The molecule has 0 saturated heterocycles. The number of nitrogens with one attached hydrogen (secondary N) is 2. The van der Waals surface area contributed by atoms with E-state index < -0.39 is 17.6 Å². The Labute approximate surface area is 242 Å². The molecule has 2 atom stereocenters. The molecule has 6 nitrogen and oxygen atoms in total. The van der Waals surface area contributed by atoms with Crippen molar-refractivity contribution in [2.24, 2.45) is 5.73 Å². The van der Waals surface area contributed by atoms with Crippen LogP contribution in [0, 0.1) is 11.3 Å². The minimum atomic E-state index is -4.38. The monoisotopic (exact) mass is 582 g/mol. The van der Waals surface area contributed by atoms with E-state index in [9.17, 15) is 18.0 Å². The van der Waals surface area contributed by atoms with Crippen molar-refractivity contribution in [1.29, 1.82) is 5.26 Å². The molecule has 2 aromatic carbocycles. The van der Waals surface area contributed by atoms with Crippen LogP contribution in [-0.2, 0) is 23.9 Å². The molecule has 0 aliphatic rings. The van der Waals surface area contributed by atoms with Gasteiger partial charge in [-0.3, -0.25) is 4.79 Å². The zero-order chi connectivity index (χ0) is 30.0. The van der Waals surface area contributed by atoms with Crippen molar-refractivity contribution in [2.75, 3.05) is 6.54 Å². The highest BCUT2D eigenvalue weighted by atomic mass is 35.5. The number of carbonyl (C=O) groups is 1. The van der Waals surface area contributed by atoms with Crippen molar-refractivity contribution in [2.45, 2.75) is 38.1 Å². The van der Waals surface area contributed by atoms with E-state index >= 15 is 0 Å². The molecule has 0 fully saturated rings. The van der Waals surface area contributed by atoms with Crippen molar-refractivity contribution < 1.29 is 22.4 Å². The van der Waals surface area contributed by atoms with E-state index in [2.05, 4.69) is 23.3 Å². The zero-order valence-electron chi connectivity index (χ0n) is 22.3. The average molecular weight is 583 g/mol. The summed E-state index contributed by atoms with van der Waals surface area (Å²) < 4.78 is 44.2. The molecule has 10 heteroatoms. The number of benzene rings is 2. The highest BCUT2D eigenvalue weighted by Crippen LogP contribution is 2.30. The smallest absolute Gasteiger partial charge is 0.416 e. The molecule has 0 aliphatic carbocycles. The molecule has 0 spiro atoms. The Morgan fingerprint density at radius 3 is 2.41 bits per heavy atom. The first-order chi connectivity index (χ1) is 19.5. The lowest BCUT2D eigenvalue weighted by Gasteiger charge is -2.18. The summed E-state index contributed by atoms with van der Waals surface area (Å²) in [6.07, 6.45) is 0.573. The lowest BCUT2D eigenvalue weighted by molar-refractivity contribution is -0.137. The number of alkyl halides is 3. The van der Waals surface area contributed by atoms with Gasteiger partial charge in [0.25, 0.3) is 5.91 Å². The van der Waals surface area contributed by atoms with Gasteiger partial charge in [-0.1, -0.05) is 42.4 Å². The number of nitrogens with two attached hydrogens (primary N) is 1. The van der Waals surface area contributed by atoms with Gasteiger partial charge < -0.3 is 20.8 Å². The van der Waals surface area contributed by atoms with Crippen molar-refractivity contribution in [3.05, 3.63) is 124 Å². The number of amides is 1. The molecule has 0 bridgehead atoms. The maximum atomic E-state index is 13.1. The van der Waals surface area contributed by atoms with E-state index in [1.807, 2.05) is 19.1 Å². The largest absolute Gasteiger partial charge is 0.460 e. The summed E-state index contributed by atoms with van der Waals surface area (Å²) in [5.41, 5.74) is 7.54. The van der Waals surface area contributed by atoms with Crippen LogP contribution in [0.25, 0.3) is 6.08 Å². The fraction of sp³-hybridized carbons (Fsp3) is 0.226. The molecule has 1 amide bonds. The maximum Gasteiger partial charge on any atom is 0.416 e. The lowest BCUT2D eigenvalue weighted by Crippen LogP contribution is -2.42. The van der Waals surface area contributed by atoms with E-state index in [1.165, 1.54) is 24.3 Å². The van der Waals surface area contributed by atoms with Gasteiger partial charge in [0, 0.05) is 18.6 Å². The molecule has 0 radical (unpaired) electrons. The van der Waals surface area contributed by atoms with E-state index in [0.29, 0.717) is 35.6 Å². The third-order valence-corrected chi connectivity index (χ3v) is 6.64. The van der Waals surface area contributed by atoms with Crippen LogP contribution < -0.4 is 16.4 Å². The third-order valence-electron chi connectivity index (χ3n) is 6.28. The Morgan fingerprint density at radius 2 is 1.83 bits per heavy atom. The van der Waals surface area contributed by atoms with Gasteiger partial charge in [-0.05, 0) is 79.1 Å². The van der Waals surface area contributed by atoms with Gasteiger partial charge in [-0.2, -0.15) is 18.4 Å². The molecule has 1 heterocycles. The van der Waals surface area contributed by atoms with Crippen LogP contribution in [0.15, 0.2) is 94.4 Å². The summed E-state index contributed by atoms with van der Waals surface area (Å²) in [6.45, 7) is 6.01. The number of carbonyl (C=O) groups excluding carboxylic acids is 1. The minimum absolute atomic E-state index is 0.145. The number of halogens is 4. The second kappa shape index (κ2) is 14.5. The zero-order valence-corrected chi connectivity index (χ0v) is 23.1. The summed E-state index contributed by atoms with van der Waals surface area (Å²) in [6, 6.07) is 17.0. The summed E-state index contributed by atoms with van der Waals surface area (Å²) in [5.74, 6) is 0.628. The third kappa shape index (κ3) is 9.22. The van der Waals surface area contributed by atoms with E-state index in [-0.39, 0.29) is 29.2 Å². The van der Waals surface area contributed by atoms with Crippen LogP contribution >= 0.6 is 11.6 Å². The van der Waals surface area contributed by atoms with Gasteiger partial charge in [-0.15, -0.1) is 0 Å². The van der Waals surface area contributed by atoms with E-state index in [1.54, 1.807) is 30.3 Å². The van der Waals surface area contributed by atoms with Crippen molar-refractivity contribution in [1.82, 2.24) is 10.6 Å². The summed E-state index contributed by atoms with van der Waals surface area (Å²) in [5, 5.41) is 15.2. The molecule has 1 unspecified atom stereocenters. The number of hydrogen-bond acceptors (Lipinski definition) is 5. The Balaban J connectivity index is 1.61. The van der Waals surface area contributed by atoms with E-state index in [0.717, 1.165) is 17.7 Å². The Morgan fingerprint density at radius 1 is 1.15 bits per heavy atom. The van der Waals surface area contributed by atoms with Crippen molar-refractivity contribution >= 4 is 23.6 Å². The van der Waals surface area contributed by atoms with Gasteiger partial charge in [0.15, 0.2) is 0 Å². The Kier molecular flexibility index (Phi) is 11.1. The molecular formula is C31H30ClF3N4O2. The van der Waals surface area contributed by atoms with Crippen LogP contribution in [-0.4, -0.2) is 18.5 Å². The molecule has 0 saturated carbocycles. The first-order valence-electron chi connectivity index (χ1n) is 12.7. The second-order valence-corrected chi connectivity index (χ2v) is 9.65. The van der Waals surface area contributed by atoms with Gasteiger partial charge in [0.05, 0.1) is 34.3 Å². The maximum absolute atomic E-state index is 13.1. The summed E-state index contributed by atoms with van der Waals surface area (Å²) >= 11 is 6.28. The molecule has 1 aromatic heterocycles. The van der Waals surface area contributed by atoms with Crippen LogP contribution in [0.3, 0.4) is 0 Å². The van der Waals surface area contributed by atoms with Crippen LogP contribution in [0.1, 0.15) is 46.7 Å². The number of furan rings is 1. The standard InChI is InChI=1S/C31H30ClF3N4O2/c1-3-29(32)28(30(40)39-25(18-37)16-21-4-6-22(17-36)7-5-21)15-14-26-12-13-27(41-26)19-38-20(2)23-8-10-24(11-9-23)31(33,34)35/h3-15,20,25,38H,1,16,18-19,37H2,2H3,(H,39,40)/b15-14+,29-28-/t20?,25-/m1/s1. The molecule has 4 N–H and O–H groups in total. The van der Waals surface area contributed by atoms with Crippen molar-refractivity contribution in [3.63, 3.8) is 0 Å². The predicted octanol–water partition coefficient (Wildman–Crippen LogP) is 6.40. The summed E-state index contributed by atoms with van der Waals surface area (Å²) in [4.78, 5) is 13.1. The highest BCUT2D eigenvalue weighted by Gasteiger charge is 2.30. The minimum Gasteiger partial charge on any atom is -0.460 e. The first-order valence-corrected chi connectivity index (χ1v) is 13.1. The number of rotatable bonds is 12. The summed E-state index contributed by atoms with van der Waals surface area (Å²) in [7, 11) is 0. The Bertz CT molecular complexity index is 1440. The fourth-order valence-corrected chi connectivity index (χ4v) is 4.06. The number of nitrogens with zero attached hydrogens (tertiary/aromatic N) is 1.